The van der Waals surface area contributed by atoms with Gasteiger partial charge in [0.25, 0.3) is 0 Å². The molecule has 0 saturated heterocycles. The number of aliphatic hydroxyl groups is 1. The van der Waals surface area contributed by atoms with Gasteiger partial charge in [-0.25, -0.2) is 4.57 Å². The van der Waals surface area contributed by atoms with E-state index in [0.717, 1.165) is 57.8 Å². The van der Waals surface area contributed by atoms with Crippen molar-refractivity contribution in [1.29, 1.82) is 0 Å². The van der Waals surface area contributed by atoms with E-state index in [1.165, 1.54) is 141 Å². The Hall–Kier alpha value is -2.06. The Morgan fingerprint density at radius 3 is 1.24 bits per heavy atom. The Kier molecular flexibility index (Phi) is 46.5. The highest BCUT2D eigenvalue weighted by Gasteiger charge is 2.28. The third-order valence-corrected chi connectivity index (χ3v) is 13.0. The van der Waals surface area contributed by atoms with Crippen LogP contribution in [0.3, 0.4) is 0 Å². The number of nitrogens with one attached hydrogen (secondary N) is 1. The second kappa shape index (κ2) is 48.0. The minimum absolute atomic E-state index is 0.0579. The van der Waals surface area contributed by atoms with Crippen molar-refractivity contribution in [3.63, 3.8) is 0 Å². The summed E-state index contributed by atoms with van der Waals surface area (Å²) in [5.74, 6) is -0.226. The van der Waals surface area contributed by atoms with E-state index in [-0.39, 0.29) is 25.5 Å². The van der Waals surface area contributed by atoms with Crippen LogP contribution in [-0.4, -0.2) is 73.4 Å². The molecule has 9 heteroatoms. The number of unbranched alkanes of at least 4 members (excludes halogenated alkanes) is 24. The van der Waals surface area contributed by atoms with Crippen LogP contribution < -0.4 is 5.32 Å². The van der Waals surface area contributed by atoms with Crippen molar-refractivity contribution in [3.05, 3.63) is 72.9 Å². The Bertz CT molecular complexity index is 1300. The first kappa shape index (κ1) is 63.9. The predicted octanol–water partition coefficient (Wildman–Crippen LogP) is 16.3. The molecule has 0 radical (unpaired) electrons. The monoisotopic (exact) mass is 946 g/mol. The number of rotatable bonds is 49. The number of hydrogen-bond acceptors (Lipinski definition) is 5. The van der Waals surface area contributed by atoms with Gasteiger partial charge >= 0.3 is 7.82 Å². The van der Waals surface area contributed by atoms with Crippen molar-refractivity contribution in [2.45, 2.75) is 244 Å². The number of phosphoric acid groups is 1. The quantitative estimate of drug-likeness (QED) is 0.0243. The predicted molar refractivity (Wildman–Crippen MR) is 286 cm³/mol. The van der Waals surface area contributed by atoms with E-state index < -0.39 is 20.0 Å². The zero-order chi connectivity index (χ0) is 48.5. The molecule has 0 saturated carbocycles. The summed E-state index contributed by atoms with van der Waals surface area (Å²) in [6.07, 6.45) is 65.4. The highest BCUT2D eigenvalue weighted by molar-refractivity contribution is 7.47. The standard InChI is InChI=1S/C57H105N2O6P/c1-6-8-10-12-14-16-18-20-22-24-26-27-28-29-30-31-33-34-36-38-40-42-44-46-48-50-56(60)55(54-65-66(62,63)64-53-52-59(3,4)5)58-57(61)51-49-47-45-43-41-39-37-35-32-25-23-21-19-17-15-13-11-9-7-2/h9,11,15,17,21,23,32,35,39,41,45,47,55-56,60H,6-8,10,12-14,16,18-20,22,24-31,33-34,36-38,40,42-44,46,48-54H2,1-5H3,(H-,58,61,62,63)/p+1/b11-9-,17-15-,23-21-,35-32-,41-39-,47-45-. The number of nitrogens with zero attached hydrogens (tertiary/aromatic N) is 1. The van der Waals surface area contributed by atoms with Gasteiger partial charge in [-0.3, -0.25) is 13.8 Å². The van der Waals surface area contributed by atoms with Crippen molar-refractivity contribution >= 4 is 13.7 Å². The number of hydrogen-bond donors (Lipinski definition) is 3. The number of allylic oxidation sites excluding steroid dienone is 12. The Morgan fingerprint density at radius 2 is 0.879 bits per heavy atom. The van der Waals surface area contributed by atoms with Crippen molar-refractivity contribution in [2.75, 3.05) is 40.9 Å². The zero-order valence-corrected chi connectivity index (χ0v) is 44.6. The molecule has 0 rings (SSSR count). The lowest BCUT2D eigenvalue weighted by Crippen LogP contribution is -2.46. The first-order valence-electron chi connectivity index (χ1n) is 27.3. The molecule has 66 heavy (non-hydrogen) atoms. The van der Waals surface area contributed by atoms with Gasteiger partial charge in [0.05, 0.1) is 39.9 Å². The molecule has 0 aromatic carbocycles. The summed E-state index contributed by atoms with van der Waals surface area (Å²) in [5.41, 5.74) is 0. The molecule has 0 spiro atoms. The second-order valence-electron chi connectivity index (χ2n) is 19.6. The molecule has 0 heterocycles. The number of carbonyl (C=O) groups excluding carboxylic acids is 1. The molecule has 0 fully saturated rings. The van der Waals surface area contributed by atoms with Crippen LogP contribution in [0.25, 0.3) is 0 Å². The molecular weight excluding hydrogens is 840 g/mol. The summed E-state index contributed by atoms with van der Waals surface area (Å²) in [5, 5.41) is 14.0. The highest BCUT2D eigenvalue weighted by Crippen LogP contribution is 2.43. The molecule has 0 aliphatic rings. The smallest absolute Gasteiger partial charge is 0.391 e. The number of aliphatic hydroxyl groups excluding tert-OH is 1. The number of likely N-dealkylation sites (N-methyl/N-ethyl adjacent to an activating group) is 1. The van der Waals surface area contributed by atoms with Gasteiger partial charge in [-0.15, -0.1) is 0 Å². The zero-order valence-electron chi connectivity index (χ0n) is 43.7. The fourth-order valence-electron chi connectivity index (χ4n) is 7.72. The summed E-state index contributed by atoms with van der Waals surface area (Å²) in [7, 11) is 1.56. The van der Waals surface area contributed by atoms with Crippen molar-refractivity contribution in [1.82, 2.24) is 5.32 Å². The molecule has 0 aliphatic carbocycles. The summed E-state index contributed by atoms with van der Waals surface area (Å²) < 4.78 is 23.7. The van der Waals surface area contributed by atoms with Crippen LogP contribution in [0.1, 0.15) is 232 Å². The molecule has 0 aliphatic heterocycles. The van der Waals surface area contributed by atoms with Crippen LogP contribution in [0, 0.1) is 0 Å². The third kappa shape index (κ3) is 49.8. The largest absolute Gasteiger partial charge is 0.472 e. The number of quaternary nitrogens is 1. The van der Waals surface area contributed by atoms with Gasteiger partial charge in [0, 0.05) is 6.42 Å². The SMILES string of the molecule is CC/C=C\C/C=C\C/C=C\C/C=C\C/C=C\C/C=C\CCC(=O)NC(COP(=O)(O)OCC[N+](C)(C)C)C(O)CCCCCCCCCCCCCCCCCCCCCCCCCCC. The average molecular weight is 946 g/mol. The van der Waals surface area contributed by atoms with E-state index >= 15 is 0 Å². The average Bonchev–Trinajstić information content (AvgIpc) is 3.28. The first-order valence-corrected chi connectivity index (χ1v) is 28.8. The van der Waals surface area contributed by atoms with Crippen molar-refractivity contribution in [3.8, 4) is 0 Å². The van der Waals surface area contributed by atoms with E-state index in [0.29, 0.717) is 23.9 Å². The summed E-state index contributed by atoms with van der Waals surface area (Å²) in [6.45, 7) is 4.73. The van der Waals surface area contributed by atoms with E-state index in [1.807, 2.05) is 27.2 Å². The van der Waals surface area contributed by atoms with Gasteiger partial charge in [0.1, 0.15) is 13.2 Å². The van der Waals surface area contributed by atoms with Gasteiger partial charge in [-0.2, -0.15) is 0 Å². The van der Waals surface area contributed by atoms with Crippen LogP contribution in [0.4, 0.5) is 0 Å². The van der Waals surface area contributed by atoms with Crippen LogP contribution in [-0.2, 0) is 18.4 Å². The minimum atomic E-state index is -4.35. The molecular formula is C57H106N2O6P+. The maximum absolute atomic E-state index is 12.9. The molecule has 384 valence electrons. The molecule has 3 N–H and O–H groups in total. The normalized spacial score (nSPS) is 14.6. The van der Waals surface area contributed by atoms with E-state index in [1.54, 1.807) is 0 Å². The highest BCUT2D eigenvalue weighted by atomic mass is 31.2. The lowest BCUT2D eigenvalue weighted by atomic mass is 10.0. The van der Waals surface area contributed by atoms with Crippen LogP contribution in [0.2, 0.25) is 0 Å². The van der Waals surface area contributed by atoms with Gasteiger partial charge in [0.15, 0.2) is 0 Å². The Labute approximate surface area is 408 Å². The van der Waals surface area contributed by atoms with Gasteiger partial charge in [-0.1, -0.05) is 247 Å². The molecule has 1 amide bonds. The van der Waals surface area contributed by atoms with Gasteiger partial charge in [0.2, 0.25) is 5.91 Å². The number of carbonyl (C=O) groups is 1. The maximum atomic E-state index is 12.9. The lowest BCUT2D eigenvalue weighted by molar-refractivity contribution is -0.870. The second-order valence-corrected chi connectivity index (χ2v) is 21.0. The summed E-state index contributed by atoms with van der Waals surface area (Å²) >= 11 is 0. The topological polar surface area (TPSA) is 105 Å². The fourth-order valence-corrected chi connectivity index (χ4v) is 8.45. The summed E-state index contributed by atoms with van der Waals surface area (Å²) in [4.78, 5) is 23.2. The Balaban J connectivity index is 4.29. The lowest BCUT2D eigenvalue weighted by Gasteiger charge is -2.26. The van der Waals surface area contributed by atoms with Crippen molar-refractivity contribution < 1.29 is 32.9 Å². The maximum Gasteiger partial charge on any atom is 0.472 e. The molecule has 3 unspecified atom stereocenters. The van der Waals surface area contributed by atoms with Crippen molar-refractivity contribution in [2.24, 2.45) is 0 Å². The Morgan fingerprint density at radius 1 is 0.530 bits per heavy atom. The van der Waals surface area contributed by atoms with Gasteiger partial charge in [-0.05, 0) is 51.4 Å². The molecule has 8 nitrogen and oxygen atoms in total. The molecule has 0 bridgehead atoms. The molecule has 0 aromatic rings. The van der Waals surface area contributed by atoms with Crippen LogP contribution in [0.15, 0.2) is 72.9 Å². The fraction of sp³-hybridized carbons (Fsp3) is 0.772. The van der Waals surface area contributed by atoms with E-state index in [2.05, 4.69) is 86.0 Å². The van der Waals surface area contributed by atoms with Crippen LogP contribution >= 0.6 is 7.82 Å². The van der Waals surface area contributed by atoms with E-state index in [4.69, 9.17) is 9.05 Å². The number of phosphoric ester groups is 1. The van der Waals surface area contributed by atoms with Crippen LogP contribution in [0.5, 0.6) is 0 Å². The summed E-state index contributed by atoms with van der Waals surface area (Å²) in [6, 6.07) is -0.806. The first-order chi connectivity index (χ1) is 32.0. The third-order valence-electron chi connectivity index (χ3n) is 12.0. The minimum Gasteiger partial charge on any atom is -0.391 e. The number of amides is 1. The van der Waals surface area contributed by atoms with E-state index in [9.17, 15) is 19.4 Å². The molecule has 3 atom stereocenters. The van der Waals surface area contributed by atoms with Gasteiger partial charge < -0.3 is 19.8 Å². The molecule has 0 aromatic heterocycles.